The van der Waals surface area contributed by atoms with Crippen LogP contribution in [0, 0.1) is 11.3 Å². The Labute approximate surface area is 128 Å². The molecule has 2 atom stereocenters. The van der Waals surface area contributed by atoms with Gasteiger partial charge in [-0.2, -0.15) is 5.26 Å². The Morgan fingerprint density at radius 1 is 1.19 bits per heavy atom. The molecule has 0 aromatic heterocycles. The number of rotatable bonds is 11. The predicted molar refractivity (Wildman–Crippen MR) is 82.6 cm³/mol. The number of hydrogen-bond donors (Lipinski definition) is 1. The van der Waals surface area contributed by atoms with E-state index in [0.29, 0.717) is 0 Å². The minimum atomic E-state index is -0.464. The van der Waals surface area contributed by atoms with Crippen LogP contribution in [-0.4, -0.2) is 30.7 Å². The Balaban J connectivity index is 1.80. The first-order valence-electron chi connectivity index (χ1n) is 8.30. The van der Waals surface area contributed by atoms with Gasteiger partial charge in [0.1, 0.15) is 0 Å². The van der Waals surface area contributed by atoms with E-state index in [1.54, 1.807) is 6.08 Å². The van der Waals surface area contributed by atoms with E-state index >= 15 is 0 Å². The number of allylic oxidation sites excluding steroid dienone is 1. The van der Waals surface area contributed by atoms with Gasteiger partial charge < -0.3 is 14.6 Å². The van der Waals surface area contributed by atoms with E-state index in [2.05, 4.69) is 0 Å². The van der Waals surface area contributed by atoms with Crippen molar-refractivity contribution in [3.8, 4) is 6.07 Å². The predicted octanol–water partition coefficient (Wildman–Crippen LogP) is 3.70. The van der Waals surface area contributed by atoms with Gasteiger partial charge in [-0.3, -0.25) is 0 Å². The molecule has 21 heavy (non-hydrogen) atoms. The quantitative estimate of drug-likeness (QED) is 0.466. The first kappa shape index (κ1) is 18.2. The van der Waals surface area contributed by atoms with Crippen molar-refractivity contribution in [1.29, 1.82) is 5.26 Å². The summed E-state index contributed by atoms with van der Waals surface area (Å²) in [7, 11) is 0. The zero-order valence-electron chi connectivity index (χ0n) is 13.0. The van der Waals surface area contributed by atoms with E-state index < -0.39 is 6.10 Å². The fourth-order valence-corrected chi connectivity index (χ4v) is 2.47. The largest absolute Gasteiger partial charge is 0.389 e. The highest BCUT2D eigenvalue weighted by Gasteiger charge is 2.13. The summed E-state index contributed by atoms with van der Waals surface area (Å²) in [5.41, 5.74) is 0. The number of nitriles is 1. The van der Waals surface area contributed by atoms with E-state index in [0.717, 1.165) is 45.3 Å². The summed E-state index contributed by atoms with van der Waals surface area (Å²) in [5.74, 6) is 0. The lowest BCUT2D eigenvalue weighted by Gasteiger charge is -2.22. The summed E-state index contributed by atoms with van der Waals surface area (Å²) in [6.45, 7) is 1.66. The summed E-state index contributed by atoms with van der Waals surface area (Å²) in [5, 5.41) is 17.9. The topological polar surface area (TPSA) is 62.5 Å². The molecule has 1 aliphatic rings. The summed E-state index contributed by atoms with van der Waals surface area (Å²) in [6.07, 6.45) is 13.6. The van der Waals surface area contributed by atoms with Gasteiger partial charge in [0, 0.05) is 19.3 Å². The van der Waals surface area contributed by atoms with Crippen molar-refractivity contribution >= 4 is 0 Å². The van der Waals surface area contributed by atoms with Crippen molar-refractivity contribution in [2.24, 2.45) is 0 Å². The molecule has 1 heterocycles. The average molecular weight is 295 g/mol. The average Bonchev–Trinajstić information content (AvgIpc) is 2.52. The van der Waals surface area contributed by atoms with Gasteiger partial charge in [0.15, 0.2) is 6.29 Å². The number of ether oxygens (including phenoxy) is 2. The van der Waals surface area contributed by atoms with Gasteiger partial charge in [-0.05, 0) is 38.2 Å². The standard InChI is InChI=1S/C17H29NO3/c18-13-9-11-16(19)10-5-3-1-2-4-7-14-20-17-12-6-8-15-21-17/h9,11,16-17,19H,1-8,10,12,14-15H2/b11-9+. The Morgan fingerprint density at radius 2 is 1.95 bits per heavy atom. The van der Waals surface area contributed by atoms with Gasteiger partial charge in [-0.25, -0.2) is 0 Å². The molecule has 0 saturated carbocycles. The van der Waals surface area contributed by atoms with Crippen LogP contribution < -0.4 is 0 Å². The smallest absolute Gasteiger partial charge is 0.157 e. The van der Waals surface area contributed by atoms with Crippen LogP contribution in [0.3, 0.4) is 0 Å². The molecule has 120 valence electrons. The Hall–Kier alpha value is -0.890. The maximum atomic E-state index is 9.51. The van der Waals surface area contributed by atoms with E-state index in [4.69, 9.17) is 14.7 Å². The molecule has 1 saturated heterocycles. The minimum absolute atomic E-state index is 0.0432. The zero-order valence-corrected chi connectivity index (χ0v) is 13.0. The Bertz CT molecular complexity index is 306. The lowest BCUT2D eigenvalue weighted by molar-refractivity contribution is -0.162. The van der Waals surface area contributed by atoms with Crippen molar-refractivity contribution in [2.75, 3.05) is 13.2 Å². The summed E-state index contributed by atoms with van der Waals surface area (Å²) >= 11 is 0. The van der Waals surface area contributed by atoms with Crippen LogP contribution in [0.25, 0.3) is 0 Å². The Kier molecular flexibility index (Phi) is 11.1. The van der Waals surface area contributed by atoms with Crippen molar-refractivity contribution in [3.63, 3.8) is 0 Å². The number of hydrogen-bond acceptors (Lipinski definition) is 4. The first-order valence-corrected chi connectivity index (χ1v) is 8.30. The second kappa shape index (κ2) is 12.8. The van der Waals surface area contributed by atoms with Crippen LogP contribution >= 0.6 is 0 Å². The molecule has 0 amide bonds. The highest BCUT2D eigenvalue weighted by atomic mass is 16.7. The van der Waals surface area contributed by atoms with Gasteiger partial charge in [0.25, 0.3) is 0 Å². The molecule has 1 rings (SSSR count). The highest BCUT2D eigenvalue weighted by Crippen LogP contribution is 2.14. The van der Waals surface area contributed by atoms with Crippen LogP contribution in [-0.2, 0) is 9.47 Å². The molecule has 0 aromatic carbocycles. The molecule has 1 fully saturated rings. The van der Waals surface area contributed by atoms with Crippen LogP contribution in [0.1, 0.15) is 64.2 Å². The molecule has 0 aromatic rings. The van der Waals surface area contributed by atoms with Crippen LogP contribution in [0.5, 0.6) is 0 Å². The van der Waals surface area contributed by atoms with E-state index in [1.807, 2.05) is 6.07 Å². The van der Waals surface area contributed by atoms with Crippen molar-refractivity contribution in [3.05, 3.63) is 12.2 Å². The molecular weight excluding hydrogens is 266 g/mol. The van der Waals surface area contributed by atoms with Gasteiger partial charge in [0.2, 0.25) is 0 Å². The fraction of sp³-hybridized carbons (Fsp3) is 0.824. The normalized spacial score (nSPS) is 20.5. The summed E-state index contributed by atoms with van der Waals surface area (Å²) < 4.78 is 11.2. The molecule has 4 nitrogen and oxygen atoms in total. The van der Waals surface area contributed by atoms with Crippen LogP contribution in [0.2, 0.25) is 0 Å². The molecular formula is C17H29NO3. The van der Waals surface area contributed by atoms with Gasteiger partial charge in [0.05, 0.1) is 12.2 Å². The lowest BCUT2D eigenvalue weighted by Crippen LogP contribution is -2.22. The molecule has 1 aliphatic heterocycles. The molecule has 0 radical (unpaired) electrons. The molecule has 4 heteroatoms. The maximum Gasteiger partial charge on any atom is 0.157 e. The Morgan fingerprint density at radius 3 is 2.67 bits per heavy atom. The third-order valence-corrected chi connectivity index (χ3v) is 3.73. The first-order chi connectivity index (χ1) is 10.3. The van der Waals surface area contributed by atoms with E-state index in [1.165, 1.54) is 38.2 Å². The molecule has 1 N–H and O–H groups in total. The van der Waals surface area contributed by atoms with Crippen molar-refractivity contribution in [1.82, 2.24) is 0 Å². The van der Waals surface area contributed by atoms with Gasteiger partial charge in [-0.15, -0.1) is 0 Å². The summed E-state index contributed by atoms with van der Waals surface area (Å²) in [6, 6.07) is 1.89. The third kappa shape index (κ3) is 10.5. The molecule has 0 aliphatic carbocycles. The van der Waals surface area contributed by atoms with Crippen molar-refractivity contribution < 1.29 is 14.6 Å². The lowest BCUT2D eigenvalue weighted by atomic mass is 10.1. The molecule has 0 spiro atoms. The minimum Gasteiger partial charge on any atom is -0.389 e. The third-order valence-electron chi connectivity index (χ3n) is 3.73. The maximum absolute atomic E-state index is 9.51. The second-order valence-electron chi connectivity index (χ2n) is 5.63. The number of unbranched alkanes of at least 4 members (excludes halogenated alkanes) is 5. The fourth-order valence-electron chi connectivity index (χ4n) is 2.47. The highest BCUT2D eigenvalue weighted by molar-refractivity contribution is 5.04. The van der Waals surface area contributed by atoms with E-state index in [9.17, 15) is 5.11 Å². The monoisotopic (exact) mass is 295 g/mol. The van der Waals surface area contributed by atoms with Crippen LogP contribution in [0.4, 0.5) is 0 Å². The number of nitrogens with zero attached hydrogens (tertiary/aromatic N) is 1. The zero-order chi connectivity index (χ0) is 15.2. The number of aliphatic hydroxyl groups is 1. The SMILES string of the molecule is N#C/C=C/C(O)CCCCCCCCOC1CCCCO1. The molecule has 2 unspecified atom stereocenters. The van der Waals surface area contributed by atoms with Gasteiger partial charge >= 0.3 is 0 Å². The molecule has 0 bridgehead atoms. The second-order valence-corrected chi connectivity index (χ2v) is 5.63. The number of aliphatic hydroxyl groups excluding tert-OH is 1. The van der Waals surface area contributed by atoms with Crippen LogP contribution in [0.15, 0.2) is 12.2 Å². The van der Waals surface area contributed by atoms with E-state index in [-0.39, 0.29) is 6.29 Å². The van der Waals surface area contributed by atoms with Gasteiger partial charge in [-0.1, -0.05) is 32.1 Å². The summed E-state index contributed by atoms with van der Waals surface area (Å²) in [4.78, 5) is 0. The van der Waals surface area contributed by atoms with Crippen molar-refractivity contribution in [2.45, 2.75) is 76.6 Å².